The molecule has 2 N–H and O–H groups in total. The molecule has 0 saturated heterocycles. The van der Waals surface area contributed by atoms with Crippen LogP contribution in [0.4, 0.5) is 0 Å². The van der Waals surface area contributed by atoms with Gasteiger partial charge in [-0.2, -0.15) is 0 Å². The molecular formula is C20H25NO2. The Hall–Kier alpha value is -2.13. The first-order valence-electron chi connectivity index (χ1n) is 8.29. The quantitative estimate of drug-likeness (QED) is 0.699. The lowest BCUT2D eigenvalue weighted by molar-refractivity contribution is -0.129. The summed E-state index contributed by atoms with van der Waals surface area (Å²) in [7, 11) is 0. The summed E-state index contributed by atoms with van der Waals surface area (Å²) in [6, 6.07) is 20.2. The number of benzene rings is 2. The molecule has 0 heterocycles. The number of hydrogen-bond acceptors (Lipinski definition) is 2. The van der Waals surface area contributed by atoms with E-state index in [0.717, 1.165) is 24.8 Å². The first-order chi connectivity index (χ1) is 11.3. The maximum atomic E-state index is 11.8. The average Bonchev–Trinajstić information content (AvgIpc) is 2.61. The van der Waals surface area contributed by atoms with Crippen LogP contribution >= 0.6 is 0 Å². The van der Waals surface area contributed by atoms with Crippen LogP contribution in [0.1, 0.15) is 30.4 Å². The molecule has 0 aliphatic rings. The number of unbranched alkanes of at least 4 members (excludes halogenated alkanes) is 1. The zero-order chi connectivity index (χ0) is 16.3. The van der Waals surface area contributed by atoms with Crippen LogP contribution in [-0.4, -0.2) is 23.7 Å². The molecule has 2 aromatic rings. The van der Waals surface area contributed by atoms with Gasteiger partial charge in [-0.25, -0.2) is 0 Å². The van der Waals surface area contributed by atoms with Crippen molar-refractivity contribution in [3.63, 3.8) is 0 Å². The summed E-state index contributed by atoms with van der Waals surface area (Å²) in [5.41, 5.74) is 2.46. The second kappa shape index (κ2) is 9.80. The zero-order valence-corrected chi connectivity index (χ0v) is 13.4. The Morgan fingerprint density at radius 2 is 1.43 bits per heavy atom. The molecule has 3 nitrogen and oxygen atoms in total. The lowest BCUT2D eigenvalue weighted by Crippen LogP contribution is -2.35. The van der Waals surface area contributed by atoms with Crippen molar-refractivity contribution in [3.05, 3.63) is 71.8 Å². The summed E-state index contributed by atoms with van der Waals surface area (Å²) < 4.78 is 0. The standard InChI is InChI=1S/C20H25NO2/c22-19(15-14-18-11-5-2-6-12-18)20(23)21-16-8-7-13-17-9-3-1-4-10-17/h1-6,9-12,19,22H,7-8,13-16H2,(H,21,23). The topological polar surface area (TPSA) is 49.3 Å². The molecule has 122 valence electrons. The minimum Gasteiger partial charge on any atom is -0.383 e. The van der Waals surface area contributed by atoms with E-state index in [0.29, 0.717) is 19.4 Å². The van der Waals surface area contributed by atoms with E-state index in [1.807, 2.05) is 48.5 Å². The smallest absolute Gasteiger partial charge is 0.248 e. The van der Waals surface area contributed by atoms with Gasteiger partial charge in [-0.15, -0.1) is 0 Å². The Kier molecular flexibility index (Phi) is 7.34. The number of hydrogen-bond donors (Lipinski definition) is 2. The highest BCUT2D eigenvalue weighted by Gasteiger charge is 2.13. The minimum atomic E-state index is -0.927. The van der Waals surface area contributed by atoms with Gasteiger partial charge in [0.05, 0.1) is 0 Å². The Labute approximate surface area is 138 Å². The second-order valence-electron chi connectivity index (χ2n) is 5.77. The summed E-state index contributed by atoms with van der Waals surface area (Å²) in [6.07, 6.45) is 3.22. The van der Waals surface area contributed by atoms with Gasteiger partial charge in [0.25, 0.3) is 0 Å². The molecule has 1 unspecified atom stereocenters. The maximum Gasteiger partial charge on any atom is 0.248 e. The molecule has 0 saturated carbocycles. The van der Waals surface area contributed by atoms with Gasteiger partial charge >= 0.3 is 0 Å². The third-order valence-electron chi connectivity index (χ3n) is 3.89. The van der Waals surface area contributed by atoms with Gasteiger partial charge < -0.3 is 10.4 Å². The third-order valence-corrected chi connectivity index (χ3v) is 3.89. The summed E-state index contributed by atoms with van der Waals surface area (Å²) >= 11 is 0. The maximum absolute atomic E-state index is 11.8. The van der Waals surface area contributed by atoms with Crippen molar-refractivity contribution in [1.82, 2.24) is 5.32 Å². The van der Waals surface area contributed by atoms with Crippen LogP contribution in [0.25, 0.3) is 0 Å². The van der Waals surface area contributed by atoms with E-state index in [9.17, 15) is 9.90 Å². The van der Waals surface area contributed by atoms with Gasteiger partial charge in [-0.05, 0) is 43.2 Å². The lowest BCUT2D eigenvalue weighted by Gasteiger charge is -2.11. The lowest BCUT2D eigenvalue weighted by atomic mass is 10.1. The van der Waals surface area contributed by atoms with Gasteiger partial charge in [-0.1, -0.05) is 60.7 Å². The van der Waals surface area contributed by atoms with Crippen LogP contribution in [-0.2, 0) is 17.6 Å². The SMILES string of the molecule is O=C(NCCCCc1ccccc1)C(O)CCc1ccccc1. The van der Waals surface area contributed by atoms with Crippen molar-refractivity contribution in [2.75, 3.05) is 6.54 Å². The van der Waals surface area contributed by atoms with E-state index in [2.05, 4.69) is 17.4 Å². The molecule has 1 amide bonds. The van der Waals surface area contributed by atoms with E-state index < -0.39 is 6.10 Å². The highest BCUT2D eigenvalue weighted by Crippen LogP contribution is 2.06. The molecule has 0 fully saturated rings. The molecule has 0 spiro atoms. The molecule has 0 radical (unpaired) electrons. The van der Waals surface area contributed by atoms with E-state index >= 15 is 0 Å². The number of amides is 1. The van der Waals surface area contributed by atoms with Crippen LogP contribution in [0, 0.1) is 0 Å². The van der Waals surface area contributed by atoms with Crippen LogP contribution in [0.5, 0.6) is 0 Å². The molecule has 0 aliphatic heterocycles. The van der Waals surface area contributed by atoms with Crippen LogP contribution in [0.2, 0.25) is 0 Å². The molecule has 0 aliphatic carbocycles. The van der Waals surface area contributed by atoms with Crippen LogP contribution in [0.3, 0.4) is 0 Å². The minimum absolute atomic E-state index is 0.263. The Morgan fingerprint density at radius 3 is 2.04 bits per heavy atom. The number of carbonyl (C=O) groups is 1. The fourth-order valence-corrected chi connectivity index (χ4v) is 2.51. The van der Waals surface area contributed by atoms with Crippen molar-refractivity contribution in [2.24, 2.45) is 0 Å². The summed E-state index contributed by atoms with van der Waals surface area (Å²) in [5, 5.41) is 12.7. The first kappa shape index (κ1) is 17.2. The van der Waals surface area contributed by atoms with Gasteiger partial charge in [-0.3, -0.25) is 4.79 Å². The van der Waals surface area contributed by atoms with Crippen molar-refractivity contribution < 1.29 is 9.90 Å². The highest BCUT2D eigenvalue weighted by molar-refractivity contribution is 5.80. The fraction of sp³-hybridized carbons (Fsp3) is 0.350. The predicted molar refractivity (Wildman–Crippen MR) is 93.2 cm³/mol. The van der Waals surface area contributed by atoms with Gasteiger partial charge in [0, 0.05) is 6.54 Å². The van der Waals surface area contributed by atoms with Crippen molar-refractivity contribution in [3.8, 4) is 0 Å². The molecule has 3 heteroatoms. The van der Waals surface area contributed by atoms with Gasteiger partial charge in [0.1, 0.15) is 6.10 Å². The highest BCUT2D eigenvalue weighted by atomic mass is 16.3. The number of rotatable bonds is 9. The van der Waals surface area contributed by atoms with Crippen molar-refractivity contribution >= 4 is 5.91 Å². The molecule has 0 bridgehead atoms. The number of aryl methyl sites for hydroxylation is 2. The Morgan fingerprint density at radius 1 is 0.870 bits per heavy atom. The van der Waals surface area contributed by atoms with E-state index in [1.165, 1.54) is 5.56 Å². The van der Waals surface area contributed by atoms with Crippen LogP contribution in [0.15, 0.2) is 60.7 Å². The summed E-state index contributed by atoms with van der Waals surface area (Å²) in [5.74, 6) is -0.263. The molecule has 0 aromatic heterocycles. The van der Waals surface area contributed by atoms with E-state index in [4.69, 9.17) is 0 Å². The summed E-state index contributed by atoms with van der Waals surface area (Å²) in [6.45, 7) is 0.619. The zero-order valence-electron chi connectivity index (χ0n) is 13.4. The Balaban J connectivity index is 1.57. The summed E-state index contributed by atoms with van der Waals surface area (Å²) in [4.78, 5) is 11.8. The largest absolute Gasteiger partial charge is 0.383 e. The number of nitrogens with one attached hydrogen (secondary N) is 1. The number of carbonyl (C=O) groups excluding carboxylic acids is 1. The fourth-order valence-electron chi connectivity index (χ4n) is 2.51. The monoisotopic (exact) mass is 311 g/mol. The Bertz CT molecular complexity index is 569. The second-order valence-corrected chi connectivity index (χ2v) is 5.77. The molecular weight excluding hydrogens is 286 g/mol. The average molecular weight is 311 g/mol. The normalized spacial score (nSPS) is 11.9. The first-order valence-corrected chi connectivity index (χ1v) is 8.29. The number of aliphatic hydroxyl groups is 1. The predicted octanol–water partition coefficient (Wildman–Crippen LogP) is 3.12. The third kappa shape index (κ3) is 6.66. The van der Waals surface area contributed by atoms with Gasteiger partial charge in [0.15, 0.2) is 0 Å². The van der Waals surface area contributed by atoms with Crippen molar-refractivity contribution in [2.45, 2.75) is 38.2 Å². The molecule has 1 atom stereocenters. The van der Waals surface area contributed by atoms with Crippen molar-refractivity contribution in [1.29, 1.82) is 0 Å². The molecule has 2 rings (SSSR count). The van der Waals surface area contributed by atoms with Crippen LogP contribution < -0.4 is 5.32 Å². The number of aliphatic hydroxyl groups excluding tert-OH is 1. The van der Waals surface area contributed by atoms with E-state index in [1.54, 1.807) is 0 Å². The van der Waals surface area contributed by atoms with Gasteiger partial charge in [0.2, 0.25) is 5.91 Å². The van der Waals surface area contributed by atoms with E-state index in [-0.39, 0.29) is 5.91 Å². The molecule has 23 heavy (non-hydrogen) atoms. The molecule has 2 aromatic carbocycles.